The summed E-state index contributed by atoms with van der Waals surface area (Å²) >= 11 is 0. The number of piperidine rings is 2. The van der Waals surface area contributed by atoms with Gasteiger partial charge in [-0.25, -0.2) is 0 Å². The smallest absolute Gasteiger partial charge is 0.418 e. The average Bonchev–Trinajstić information content (AvgIpc) is 3.20. The molecule has 0 unspecified atom stereocenters. The zero-order valence-electron chi connectivity index (χ0n) is 32.2. The van der Waals surface area contributed by atoms with E-state index in [1.54, 1.807) is 25.1 Å². The van der Waals surface area contributed by atoms with Gasteiger partial charge in [-0.1, -0.05) is 38.0 Å². The molecule has 3 heterocycles. The van der Waals surface area contributed by atoms with Gasteiger partial charge in [-0.05, 0) is 93.8 Å². The van der Waals surface area contributed by atoms with Crippen molar-refractivity contribution >= 4 is 18.1 Å². The maximum atomic E-state index is 15.1. The summed E-state index contributed by atoms with van der Waals surface area (Å²) < 4.78 is 95.6. The minimum atomic E-state index is -4.90. The van der Waals surface area contributed by atoms with Gasteiger partial charge in [-0.2, -0.15) is 31.6 Å². The molecule has 0 radical (unpaired) electrons. The van der Waals surface area contributed by atoms with E-state index in [2.05, 4.69) is 11.1 Å². The lowest BCUT2D eigenvalue weighted by Crippen LogP contribution is -2.68. The van der Waals surface area contributed by atoms with Crippen LogP contribution in [0.3, 0.4) is 0 Å². The summed E-state index contributed by atoms with van der Waals surface area (Å²) in [6.45, 7) is 2.23. The van der Waals surface area contributed by atoms with Crippen molar-refractivity contribution in [1.29, 1.82) is 5.26 Å². The highest BCUT2D eigenvalue weighted by molar-refractivity contribution is 5.96. The van der Waals surface area contributed by atoms with Gasteiger partial charge in [-0.3, -0.25) is 14.6 Å². The van der Waals surface area contributed by atoms with E-state index in [4.69, 9.17) is 9.47 Å². The number of carbonyl (C=O) groups excluding carboxylic acids is 3. The normalized spacial score (nSPS) is 21.7. The van der Waals surface area contributed by atoms with Crippen LogP contribution in [0.5, 0.6) is 11.5 Å². The van der Waals surface area contributed by atoms with Crippen LogP contribution in [-0.4, -0.2) is 70.8 Å². The van der Waals surface area contributed by atoms with Crippen molar-refractivity contribution in [3.8, 4) is 17.6 Å². The van der Waals surface area contributed by atoms with Gasteiger partial charge in [0, 0.05) is 43.2 Å². The fourth-order valence-corrected chi connectivity index (χ4v) is 8.72. The first-order valence-corrected chi connectivity index (χ1v) is 19.7. The summed E-state index contributed by atoms with van der Waals surface area (Å²) in [5.41, 5.74) is -5.62. The number of aldehydes is 1. The number of amides is 2. The molecule has 2 amide bonds. The average molecular weight is 813 g/mol. The third kappa shape index (κ3) is 8.52. The van der Waals surface area contributed by atoms with E-state index in [9.17, 15) is 41.2 Å². The number of hydrogen-bond acceptors (Lipinski definition) is 7. The Hall–Kier alpha value is -5.13. The number of alkyl halides is 6. The van der Waals surface area contributed by atoms with Crippen LogP contribution in [0.15, 0.2) is 66.9 Å². The lowest BCUT2D eigenvalue weighted by atomic mass is 9.67. The van der Waals surface area contributed by atoms with Gasteiger partial charge in [0.2, 0.25) is 5.60 Å². The number of nitriles is 1. The predicted octanol–water partition coefficient (Wildman–Crippen LogP) is 8.95. The van der Waals surface area contributed by atoms with E-state index in [1.165, 1.54) is 9.80 Å². The van der Waals surface area contributed by atoms with Gasteiger partial charge in [0.15, 0.2) is 0 Å². The minimum Gasteiger partial charge on any atom is -0.493 e. The molecule has 0 bridgehead atoms. The van der Waals surface area contributed by atoms with Gasteiger partial charge in [0.25, 0.3) is 11.8 Å². The van der Waals surface area contributed by atoms with Crippen molar-refractivity contribution in [3.63, 3.8) is 0 Å². The molecule has 1 aromatic heterocycles. The minimum absolute atomic E-state index is 0.0115. The van der Waals surface area contributed by atoms with E-state index in [-0.39, 0.29) is 62.9 Å². The number of aromatic nitrogens is 1. The fraction of sp³-hybridized carbons (Fsp3) is 0.512. The van der Waals surface area contributed by atoms with E-state index in [0.29, 0.717) is 37.2 Å². The molecule has 3 aromatic rings. The van der Waals surface area contributed by atoms with Crippen LogP contribution >= 0.6 is 0 Å². The fourth-order valence-electron chi connectivity index (χ4n) is 8.72. The SMILES string of the molecule is CCC[C@H]1N(C(=O)c2ncccc2C(F)(F)F)CCC[C@@]1(Oc1ccc(C(F)(F)F)cc1)C(=O)N1CCC(C#N)(c2ccccc2OCCCC2(C=O)CCC2)CC1. The molecule has 2 aromatic carbocycles. The van der Waals surface area contributed by atoms with Crippen LogP contribution in [0.4, 0.5) is 26.3 Å². The van der Waals surface area contributed by atoms with Crippen molar-refractivity contribution in [1.82, 2.24) is 14.8 Å². The first kappa shape index (κ1) is 42.5. The number of pyridine rings is 1. The molecule has 9 nitrogen and oxygen atoms in total. The van der Waals surface area contributed by atoms with E-state index < -0.39 is 58.0 Å². The molecule has 2 aliphatic heterocycles. The number of nitrogens with zero attached hydrogens (tertiary/aromatic N) is 4. The summed E-state index contributed by atoms with van der Waals surface area (Å²) in [5, 5.41) is 10.7. The van der Waals surface area contributed by atoms with Crippen LogP contribution < -0.4 is 9.47 Å². The Morgan fingerprint density at radius 1 is 0.914 bits per heavy atom. The topological polar surface area (TPSA) is 113 Å². The molecule has 6 rings (SSSR count). The molecular formula is C43H46F6N4O5. The molecule has 2 saturated heterocycles. The highest BCUT2D eigenvalue weighted by atomic mass is 19.4. The van der Waals surface area contributed by atoms with Gasteiger partial charge >= 0.3 is 12.4 Å². The Kier molecular flexibility index (Phi) is 12.4. The first-order chi connectivity index (χ1) is 27.6. The summed E-state index contributed by atoms with van der Waals surface area (Å²) in [6, 6.07) is 14.2. The second-order valence-electron chi connectivity index (χ2n) is 15.6. The Morgan fingerprint density at radius 3 is 2.22 bits per heavy atom. The number of likely N-dealkylation sites (tertiary alicyclic amines) is 2. The molecule has 310 valence electrons. The number of para-hydroxylation sites is 1. The van der Waals surface area contributed by atoms with Crippen LogP contribution in [0.25, 0.3) is 0 Å². The summed E-state index contributed by atoms with van der Waals surface area (Å²) in [4.78, 5) is 47.4. The van der Waals surface area contributed by atoms with Crippen LogP contribution in [0.1, 0.15) is 105 Å². The zero-order chi connectivity index (χ0) is 41.8. The molecule has 3 fully saturated rings. The Morgan fingerprint density at radius 2 is 1.62 bits per heavy atom. The van der Waals surface area contributed by atoms with Gasteiger partial charge in [0.1, 0.15) is 23.5 Å². The predicted molar refractivity (Wildman–Crippen MR) is 200 cm³/mol. The molecule has 3 aliphatic rings. The van der Waals surface area contributed by atoms with Crippen molar-refractivity contribution < 1.29 is 50.2 Å². The maximum absolute atomic E-state index is 15.1. The quantitative estimate of drug-likeness (QED) is 0.0963. The van der Waals surface area contributed by atoms with Crippen molar-refractivity contribution in [3.05, 3.63) is 89.2 Å². The number of benzene rings is 2. The lowest BCUT2D eigenvalue weighted by molar-refractivity contribution is -0.161. The highest BCUT2D eigenvalue weighted by Crippen LogP contribution is 2.45. The first-order valence-electron chi connectivity index (χ1n) is 19.7. The Labute approximate surface area is 333 Å². The second-order valence-corrected chi connectivity index (χ2v) is 15.6. The van der Waals surface area contributed by atoms with Gasteiger partial charge < -0.3 is 24.1 Å². The maximum Gasteiger partial charge on any atom is 0.418 e. The van der Waals surface area contributed by atoms with Crippen LogP contribution in [0, 0.1) is 16.7 Å². The molecule has 2 atom stereocenters. The van der Waals surface area contributed by atoms with Crippen molar-refractivity contribution in [2.45, 2.75) is 107 Å². The van der Waals surface area contributed by atoms with Crippen molar-refractivity contribution in [2.75, 3.05) is 26.2 Å². The molecule has 1 aliphatic carbocycles. The molecule has 1 saturated carbocycles. The van der Waals surface area contributed by atoms with Crippen LogP contribution in [-0.2, 0) is 27.4 Å². The number of ether oxygens (including phenoxy) is 2. The largest absolute Gasteiger partial charge is 0.493 e. The number of carbonyl (C=O) groups is 3. The Bertz CT molecular complexity index is 1990. The summed E-state index contributed by atoms with van der Waals surface area (Å²) in [5.74, 6) is -1.20. The zero-order valence-corrected chi connectivity index (χ0v) is 32.2. The molecule has 0 spiro atoms. The third-order valence-corrected chi connectivity index (χ3v) is 12.0. The second kappa shape index (κ2) is 17.0. The highest BCUT2D eigenvalue weighted by Gasteiger charge is 2.57. The third-order valence-electron chi connectivity index (χ3n) is 12.0. The molecule has 0 N–H and O–H groups in total. The van der Waals surface area contributed by atoms with E-state index in [0.717, 1.165) is 68.1 Å². The monoisotopic (exact) mass is 812 g/mol. The molecule has 58 heavy (non-hydrogen) atoms. The van der Waals surface area contributed by atoms with Gasteiger partial charge in [-0.15, -0.1) is 0 Å². The molecule has 15 heteroatoms. The summed E-state index contributed by atoms with van der Waals surface area (Å²) in [6.07, 6.45) is -2.31. The van der Waals surface area contributed by atoms with E-state index in [1.807, 2.05) is 6.07 Å². The Balaban J connectivity index is 1.30. The van der Waals surface area contributed by atoms with E-state index >= 15 is 4.79 Å². The lowest BCUT2D eigenvalue weighted by Gasteiger charge is -2.51. The number of rotatable bonds is 13. The number of halogens is 6. The standard InChI is InChI=1S/C43H46F6N4O5/c1-2-9-35-41(58-31-15-13-30(14-16-31)42(44,45)46,20-7-24-53(35)37(55)36-33(43(47,48)49)11-5-23-51-36)38(56)52-25-21-40(28-50,22-26-52)32-10-3-4-12-34(32)57-27-8-19-39(29-54)17-6-18-39/h3-5,10-16,23,29,35H,2,6-9,17-22,24-27H2,1H3/t35-,41+/m1/s1. The molecular weight excluding hydrogens is 766 g/mol. The van der Waals surface area contributed by atoms with Gasteiger partial charge in [0.05, 0.1) is 35.3 Å². The van der Waals surface area contributed by atoms with Crippen molar-refractivity contribution in [2.24, 2.45) is 5.41 Å². The summed E-state index contributed by atoms with van der Waals surface area (Å²) in [7, 11) is 0. The van der Waals surface area contributed by atoms with Crippen LogP contribution in [0.2, 0.25) is 0 Å². The number of hydrogen-bond donors (Lipinski definition) is 0.